The topological polar surface area (TPSA) is 15.3 Å². The van der Waals surface area contributed by atoms with Crippen LogP contribution in [-0.2, 0) is 0 Å². The zero-order valence-electron chi connectivity index (χ0n) is 13.3. The fourth-order valence-corrected chi connectivity index (χ4v) is 4.04. The molecular formula is C17H26N2. The first-order chi connectivity index (χ1) is 9.61. The molecule has 1 N–H and O–H groups in total. The lowest BCUT2D eigenvalue weighted by molar-refractivity contribution is 0.369. The predicted octanol–water partition coefficient (Wildman–Crippen LogP) is 3.70. The van der Waals surface area contributed by atoms with Crippen molar-refractivity contribution < 1.29 is 1.41 Å². The molecule has 0 radical (unpaired) electrons. The Balaban J connectivity index is 1.91. The molecule has 2 aliphatic rings. The van der Waals surface area contributed by atoms with Gasteiger partial charge in [0.15, 0.2) is 0 Å². The summed E-state index contributed by atoms with van der Waals surface area (Å²) in [6.07, 6.45) is 5.47. The van der Waals surface area contributed by atoms with Gasteiger partial charge in [0.05, 0.1) is 6.17 Å². The van der Waals surface area contributed by atoms with Crippen LogP contribution in [0.25, 0.3) is 0 Å². The Morgan fingerprint density at radius 3 is 2.58 bits per heavy atom. The lowest BCUT2D eigenvalue weighted by atomic mass is 9.93. The van der Waals surface area contributed by atoms with Gasteiger partial charge in [-0.3, -0.25) is 5.31 Å². The van der Waals surface area contributed by atoms with E-state index in [0.29, 0.717) is 18.0 Å². The summed E-state index contributed by atoms with van der Waals surface area (Å²) in [5.41, 5.74) is 2.61. The molecule has 2 fully saturated rings. The SMILES string of the molecule is [2H]N1C(C2CCCC2)[C@H](C)N(c2ccccc2C)C1C. The van der Waals surface area contributed by atoms with E-state index in [0.717, 1.165) is 0 Å². The number of nitrogens with zero attached hydrogens (tertiary/aromatic N) is 1. The van der Waals surface area contributed by atoms with Crippen LogP contribution in [-0.4, -0.2) is 18.2 Å². The summed E-state index contributed by atoms with van der Waals surface area (Å²) in [5, 5.41) is 1.87. The van der Waals surface area contributed by atoms with E-state index in [1.807, 2.05) is 5.31 Å². The van der Waals surface area contributed by atoms with Gasteiger partial charge in [0.1, 0.15) is 1.41 Å². The van der Waals surface area contributed by atoms with Gasteiger partial charge in [0.2, 0.25) is 0 Å². The maximum absolute atomic E-state index is 8.53. The van der Waals surface area contributed by atoms with Crippen LogP contribution in [0.15, 0.2) is 24.3 Å². The maximum atomic E-state index is 8.53. The smallest absolute Gasteiger partial charge is 0.125 e. The fourth-order valence-electron chi connectivity index (χ4n) is 4.04. The summed E-state index contributed by atoms with van der Waals surface area (Å²) < 4.78 is 8.53. The van der Waals surface area contributed by atoms with Gasteiger partial charge in [0.25, 0.3) is 0 Å². The normalized spacial score (nSPS) is 33.9. The lowest BCUT2D eigenvalue weighted by Gasteiger charge is -2.31. The second-order valence-electron chi connectivity index (χ2n) is 6.25. The van der Waals surface area contributed by atoms with E-state index >= 15 is 0 Å². The molecule has 1 heterocycles. The molecular weight excluding hydrogens is 232 g/mol. The molecule has 19 heavy (non-hydrogen) atoms. The van der Waals surface area contributed by atoms with Crippen LogP contribution in [0.1, 0.15) is 45.1 Å². The molecule has 3 atom stereocenters. The first-order valence-electron chi connectivity index (χ1n) is 8.17. The number of hydrogen-bond donors (Lipinski definition) is 1. The quantitative estimate of drug-likeness (QED) is 0.871. The standard InChI is InChI=1S/C17H26N2/c1-12-8-4-7-11-16(12)19-13(2)17(18-14(19)3)15-9-5-6-10-15/h4,7-8,11,13-15,17-18H,5-6,9-10H2,1-3H3/t13-,14?,17?/m0/s1/i/hD. The molecule has 0 amide bonds. The van der Waals surface area contributed by atoms with Crippen LogP contribution >= 0.6 is 0 Å². The van der Waals surface area contributed by atoms with E-state index in [4.69, 9.17) is 1.41 Å². The number of rotatable bonds is 2. The number of hydrogen-bond acceptors (Lipinski definition) is 2. The predicted molar refractivity (Wildman–Crippen MR) is 81.5 cm³/mol. The highest BCUT2D eigenvalue weighted by Gasteiger charge is 2.40. The van der Waals surface area contributed by atoms with Gasteiger partial charge in [-0.25, -0.2) is 0 Å². The molecule has 2 heteroatoms. The van der Waals surface area contributed by atoms with Crippen LogP contribution < -0.4 is 10.2 Å². The molecule has 1 saturated heterocycles. The van der Waals surface area contributed by atoms with Gasteiger partial charge >= 0.3 is 0 Å². The summed E-state index contributed by atoms with van der Waals surface area (Å²) in [5.74, 6) is 0.707. The molecule has 1 saturated carbocycles. The minimum Gasteiger partial charge on any atom is -0.352 e. The Kier molecular flexibility index (Phi) is 3.20. The lowest BCUT2D eigenvalue weighted by Crippen LogP contribution is -2.38. The van der Waals surface area contributed by atoms with Gasteiger partial charge in [-0.15, -0.1) is 0 Å². The molecule has 1 aliphatic heterocycles. The van der Waals surface area contributed by atoms with Crippen molar-refractivity contribution in [3.63, 3.8) is 0 Å². The zero-order valence-corrected chi connectivity index (χ0v) is 12.3. The minimum absolute atomic E-state index is 0.164. The number of benzene rings is 1. The third-order valence-corrected chi connectivity index (χ3v) is 5.00. The number of aryl methyl sites for hydroxylation is 1. The van der Waals surface area contributed by atoms with Crippen molar-refractivity contribution >= 4 is 5.69 Å². The molecule has 1 aliphatic carbocycles. The van der Waals surface area contributed by atoms with Crippen molar-refractivity contribution in [1.29, 1.82) is 0 Å². The van der Waals surface area contributed by atoms with Crippen molar-refractivity contribution in [1.82, 2.24) is 5.31 Å². The Morgan fingerprint density at radius 1 is 1.21 bits per heavy atom. The van der Waals surface area contributed by atoms with Crippen molar-refractivity contribution in [2.45, 2.75) is 64.7 Å². The van der Waals surface area contributed by atoms with Crippen molar-refractivity contribution in [3.8, 4) is 0 Å². The minimum atomic E-state index is 0.164. The molecule has 1 aromatic rings. The average Bonchev–Trinajstić information content (AvgIpc) is 3.01. The molecule has 0 aromatic heterocycles. The molecule has 3 rings (SSSR count). The third kappa shape index (κ3) is 2.27. The zero-order chi connectivity index (χ0) is 14.3. The highest BCUT2D eigenvalue weighted by molar-refractivity contribution is 5.55. The second-order valence-corrected chi connectivity index (χ2v) is 6.25. The van der Waals surface area contributed by atoms with E-state index in [1.165, 1.54) is 36.9 Å². The number of nitrogens with one attached hydrogen (secondary N) is 1. The van der Waals surface area contributed by atoms with Gasteiger partial charge in [-0.1, -0.05) is 31.0 Å². The monoisotopic (exact) mass is 259 g/mol. The van der Waals surface area contributed by atoms with Gasteiger partial charge in [0, 0.05) is 17.8 Å². The Bertz CT molecular complexity index is 470. The molecule has 2 nitrogen and oxygen atoms in total. The molecule has 1 aromatic carbocycles. The maximum Gasteiger partial charge on any atom is 0.125 e. The summed E-state index contributed by atoms with van der Waals surface area (Å²) in [6.45, 7) is 6.65. The summed E-state index contributed by atoms with van der Waals surface area (Å²) in [4.78, 5) is 2.45. The van der Waals surface area contributed by atoms with E-state index in [9.17, 15) is 0 Å². The molecule has 2 unspecified atom stereocenters. The number of anilines is 1. The fraction of sp³-hybridized carbons (Fsp3) is 0.647. The second kappa shape index (κ2) is 5.16. The summed E-state index contributed by atoms with van der Waals surface area (Å²) in [6, 6.07) is 9.38. The first kappa shape index (κ1) is 11.8. The van der Waals surface area contributed by atoms with Crippen LogP contribution in [0.5, 0.6) is 0 Å². The highest BCUT2D eigenvalue weighted by atomic mass is 15.4. The van der Waals surface area contributed by atoms with E-state index in [2.05, 4.69) is 49.9 Å². The Morgan fingerprint density at radius 2 is 1.89 bits per heavy atom. The van der Waals surface area contributed by atoms with Gasteiger partial charge in [-0.05, 0) is 51.2 Å². The third-order valence-electron chi connectivity index (χ3n) is 5.00. The Hall–Kier alpha value is -1.02. The summed E-state index contributed by atoms with van der Waals surface area (Å²) in [7, 11) is 0. The van der Waals surface area contributed by atoms with Crippen LogP contribution in [0, 0.1) is 12.8 Å². The summed E-state index contributed by atoms with van der Waals surface area (Å²) >= 11 is 0. The average molecular weight is 259 g/mol. The largest absolute Gasteiger partial charge is 0.352 e. The molecule has 0 bridgehead atoms. The van der Waals surface area contributed by atoms with Crippen molar-refractivity contribution in [2.24, 2.45) is 5.92 Å². The van der Waals surface area contributed by atoms with Gasteiger partial charge in [-0.2, -0.15) is 0 Å². The highest BCUT2D eigenvalue weighted by Crippen LogP contribution is 2.36. The molecule has 104 valence electrons. The van der Waals surface area contributed by atoms with Crippen LogP contribution in [0.2, 0.25) is 1.41 Å². The van der Waals surface area contributed by atoms with E-state index in [1.54, 1.807) is 0 Å². The van der Waals surface area contributed by atoms with Gasteiger partial charge < -0.3 is 4.90 Å². The van der Waals surface area contributed by atoms with Crippen LogP contribution in [0.3, 0.4) is 0 Å². The van der Waals surface area contributed by atoms with Crippen LogP contribution in [0.4, 0.5) is 5.69 Å². The number of para-hydroxylation sites is 1. The van der Waals surface area contributed by atoms with E-state index < -0.39 is 0 Å². The molecule has 0 spiro atoms. The van der Waals surface area contributed by atoms with E-state index in [-0.39, 0.29) is 6.17 Å². The first-order valence-corrected chi connectivity index (χ1v) is 7.72. The van der Waals surface area contributed by atoms with Crippen molar-refractivity contribution in [2.75, 3.05) is 4.90 Å². The van der Waals surface area contributed by atoms with Crippen molar-refractivity contribution in [3.05, 3.63) is 29.8 Å². The Labute approximate surface area is 118 Å².